The summed E-state index contributed by atoms with van der Waals surface area (Å²) in [6, 6.07) is -0.0735. The average Bonchev–Trinajstić information content (AvgIpc) is 2.35. The molecule has 0 saturated carbocycles. The fourth-order valence-corrected chi connectivity index (χ4v) is 1.08. The Bertz CT molecular complexity index is 233. The molecule has 66 valence electrons. The standard InChI is InChI=1S/C8H10FNO2/c9-6-4-7(10-5-6)2-1-3-8(11)12/h2-3,6-7,10H,4-5H2,(H,11,12). The largest absolute Gasteiger partial charge is 0.478 e. The highest BCUT2D eigenvalue weighted by Gasteiger charge is 2.20. The van der Waals surface area contributed by atoms with Crippen LogP contribution in [0.25, 0.3) is 0 Å². The molecule has 1 rings (SSSR count). The van der Waals surface area contributed by atoms with Gasteiger partial charge >= 0.3 is 5.97 Å². The number of rotatable bonds is 2. The molecule has 1 saturated heterocycles. The maximum Gasteiger partial charge on any atom is 0.336 e. The zero-order valence-electron chi connectivity index (χ0n) is 6.46. The highest BCUT2D eigenvalue weighted by atomic mass is 19.1. The summed E-state index contributed by atoms with van der Waals surface area (Å²) in [6.45, 7) is 0.343. The normalized spacial score (nSPS) is 27.8. The van der Waals surface area contributed by atoms with E-state index in [2.05, 4.69) is 11.0 Å². The van der Waals surface area contributed by atoms with E-state index in [1.165, 1.54) is 6.08 Å². The van der Waals surface area contributed by atoms with Crippen LogP contribution in [0.1, 0.15) is 6.42 Å². The molecule has 0 aliphatic carbocycles. The Morgan fingerprint density at radius 2 is 2.50 bits per heavy atom. The van der Waals surface area contributed by atoms with Crippen LogP contribution in [-0.4, -0.2) is 29.8 Å². The first-order valence-corrected chi connectivity index (χ1v) is 3.71. The van der Waals surface area contributed by atoms with Gasteiger partial charge in [0.1, 0.15) is 6.17 Å². The Morgan fingerprint density at radius 3 is 3.00 bits per heavy atom. The van der Waals surface area contributed by atoms with E-state index < -0.39 is 12.1 Å². The van der Waals surface area contributed by atoms with Gasteiger partial charge in [0.25, 0.3) is 0 Å². The molecule has 2 unspecified atom stereocenters. The van der Waals surface area contributed by atoms with Crippen LogP contribution in [0.2, 0.25) is 0 Å². The van der Waals surface area contributed by atoms with Crippen molar-refractivity contribution < 1.29 is 14.3 Å². The van der Waals surface area contributed by atoms with Crippen molar-refractivity contribution >= 4 is 5.97 Å². The minimum absolute atomic E-state index is 0.0735. The maximum atomic E-state index is 12.5. The summed E-state index contributed by atoms with van der Waals surface area (Å²) < 4.78 is 12.5. The second kappa shape index (κ2) is 4.04. The number of hydrogen-bond acceptors (Lipinski definition) is 2. The Hall–Kier alpha value is -1.12. The molecule has 0 aromatic carbocycles. The number of alkyl halides is 1. The Balaban J connectivity index is 2.41. The quantitative estimate of drug-likeness (QED) is 0.469. The zero-order valence-corrected chi connectivity index (χ0v) is 6.46. The summed E-state index contributed by atoms with van der Waals surface area (Å²) in [5.41, 5.74) is 2.47. The second-order valence-electron chi connectivity index (χ2n) is 2.66. The van der Waals surface area contributed by atoms with Gasteiger partial charge in [0, 0.05) is 12.6 Å². The van der Waals surface area contributed by atoms with Crippen LogP contribution in [0.3, 0.4) is 0 Å². The molecule has 1 heterocycles. The van der Waals surface area contributed by atoms with Crippen molar-refractivity contribution in [1.29, 1.82) is 0 Å². The van der Waals surface area contributed by atoms with Crippen molar-refractivity contribution in [3.8, 4) is 0 Å². The number of carboxylic acid groups (broad SMARTS) is 1. The first-order chi connectivity index (χ1) is 5.68. The molecule has 0 amide bonds. The predicted molar refractivity (Wildman–Crippen MR) is 41.6 cm³/mol. The average molecular weight is 171 g/mol. The summed E-state index contributed by atoms with van der Waals surface area (Å²) in [4.78, 5) is 10.0. The lowest BCUT2D eigenvalue weighted by atomic mass is 10.2. The Kier molecular flexibility index (Phi) is 3.02. The van der Waals surface area contributed by atoms with E-state index in [4.69, 9.17) is 5.11 Å². The van der Waals surface area contributed by atoms with Crippen molar-refractivity contribution in [3.05, 3.63) is 17.9 Å². The number of carboxylic acids is 1. The minimum Gasteiger partial charge on any atom is -0.478 e. The molecule has 1 fully saturated rings. The van der Waals surface area contributed by atoms with Gasteiger partial charge in [0.15, 0.2) is 0 Å². The van der Waals surface area contributed by atoms with Gasteiger partial charge in [0.2, 0.25) is 0 Å². The van der Waals surface area contributed by atoms with Crippen molar-refractivity contribution in [2.45, 2.75) is 18.6 Å². The zero-order chi connectivity index (χ0) is 8.97. The first-order valence-electron chi connectivity index (χ1n) is 3.71. The molecular weight excluding hydrogens is 161 g/mol. The lowest BCUT2D eigenvalue weighted by Gasteiger charge is -1.97. The number of halogens is 1. The minimum atomic E-state index is -1.04. The summed E-state index contributed by atoms with van der Waals surface area (Å²) in [6.07, 6.45) is 2.03. The van der Waals surface area contributed by atoms with E-state index >= 15 is 0 Å². The third-order valence-electron chi connectivity index (χ3n) is 1.62. The van der Waals surface area contributed by atoms with Crippen molar-refractivity contribution in [1.82, 2.24) is 5.32 Å². The van der Waals surface area contributed by atoms with Gasteiger partial charge in [-0.3, -0.25) is 0 Å². The van der Waals surface area contributed by atoms with Crippen LogP contribution in [-0.2, 0) is 4.79 Å². The van der Waals surface area contributed by atoms with Crippen molar-refractivity contribution in [3.63, 3.8) is 0 Å². The van der Waals surface area contributed by atoms with Gasteiger partial charge in [-0.2, -0.15) is 0 Å². The van der Waals surface area contributed by atoms with Crippen LogP contribution in [0.5, 0.6) is 0 Å². The number of carbonyl (C=O) groups is 1. The predicted octanol–water partition coefficient (Wildman–Crippen LogP) is 0.482. The second-order valence-corrected chi connectivity index (χ2v) is 2.66. The van der Waals surface area contributed by atoms with Crippen LogP contribution in [0, 0.1) is 0 Å². The molecule has 0 aromatic heterocycles. The summed E-state index contributed by atoms with van der Waals surface area (Å²) in [7, 11) is 0. The van der Waals surface area contributed by atoms with E-state index in [0.717, 1.165) is 6.08 Å². The molecule has 12 heavy (non-hydrogen) atoms. The Labute approximate surface area is 69.6 Å². The van der Waals surface area contributed by atoms with E-state index in [1.807, 2.05) is 0 Å². The number of nitrogens with one attached hydrogen (secondary N) is 1. The van der Waals surface area contributed by atoms with Crippen molar-refractivity contribution in [2.24, 2.45) is 0 Å². The van der Waals surface area contributed by atoms with Gasteiger partial charge in [-0.1, -0.05) is 0 Å². The van der Waals surface area contributed by atoms with Gasteiger partial charge in [-0.25, -0.2) is 9.18 Å². The SMILES string of the molecule is O=C(O)C=C=CC1CC(F)CN1. The number of aliphatic carboxylic acids is 1. The van der Waals surface area contributed by atoms with E-state index in [9.17, 15) is 9.18 Å². The molecule has 1 aliphatic rings. The lowest BCUT2D eigenvalue weighted by molar-refractivity contribution is -0.131. The molecule has 3 nitrogen and oxygen atoms in total. The maximum absolute atomic E-state index is 12.5. The van der Waals surface area contributed by atoms with Crippen LogP contribution >= 0.6 is 0 Å². The lowest BCUT2D eigenvalue weighted by Crippen LogP contribution is -2.18. The van der Waals surface area contributed by atoms with E-state index in [0.29, 0.717) is 13.0 Å². The van der Waals surface area contributed by atoms with E-state index in [-0.39, 0.29) is 6.04 Å². The highest BCUT2D eigenvalue weighted by molar-refractivity contribution is 5.79. The van der Waals surface area contributed by atoms with Gasteiger partial charge < -0.3 is 10.4 Å². The van der Waals surface area contributed by atoms with Gasteiger partial charge in [-0.15, -0.1) is 5.73 Å². The fourth-order valence-electron chi connectivity index (χ4n) is 1.08. The third-order valence-corrected chi connectivity index (χ3v) is 1.62. The summed E-state index contributed by atoms with van der Waals surface area (Å²) in [5, 5.41) is 11.1. The Morgan fingerprint density at radius 1 is 1.75 bits per heavy atom. The molecule has 0 spiro atoms. The smallest absolute Gasteiger partial charge is 0.336 e. The fraction of sp³-hybridized carbons (Fsp3) is 0.500. The molecule has 0 aromatic rings. The molecule has 1 aliphatic heterocycles. The van der Waals surface area contributed by atoms with E-state index in [1.54, 1.807) is 0 Å². The molecule has 2 atom stereocenters. The van der Waals surface area contributed by atoms with Crippen LogP contribution in [0.15, 0.2) is 17.9 Å². The van der Waals surface area contributed by atoms with Gasteiger partial charge in [-0.05, 0) is 12.5 Å². The molecular formula is C8H10FNO2. The van der Waals surface area contributed by atoms with Crippen LogP contribution < -0.4 is 5.32 Å². The molecule has 4 heteroatoms. The summed E-state index contributed by atoms with van der Waals surface area (Å²) in [5.74, 6) is -1.04. The third kappa shape index (κ3) is 2.86. The summed E-state index contributed by atoms with van der Waals surface area (Å²) >= 11 is 0. The van der Waals surface area contributed by atoms with Crippen LogP contribution in [0.4, 0.5) is 4.39 Å². The number of hydrogen-bond donors (Lipinski definition) is 2. The topological polar surface area (TPSA) is 49.3 Å². The molecule has 0 bridgehead atoms. The first kappa shape index (κ1) is 8.97. The highest BCUT2D eigenvalue weighted by Crippen LogP contribution is 2.09. The van der Waals surface area contributed by atoms with Gasteiger partial charge in [0.05, 0.1) is 6.08 Å². The van der Waals surface area contributed by atoms with Crippen molar-refractivity contribution in [2.75, 3.05) is 6.54 Å². The monoisotopic (exact) mass is 171 g/mol. The molecule has 2 N–H and O–H groups in total. The molecule has 0 radical (unpaired) electrons.